The summed E-state index contributed by atoms with van der Waals surface area (Å²) in [7, 11) is 0. The van der Waals surface area contributed by atoms with Gasteiger partial charge in [-0.05, 0) is 25.7 Å². The summed E-state index contributed by atoms with van der Waals surface area (Å²) in [4.78, 5) is 25.3. The van der Waals surface area contributed by atoms with E-state index in [0.29, 0.717) is 51.9 Å². The van der Waals surface area contributed by atoms with Crippen LogP contribution in [0.3, 0.4) is 0 Å². The molecule has 22 heavy (non-hydrogen) atoms. The van der Waals surface area contributed by atoms with Crippen molar-refractivity contribution >= 4 is 12.1 Å². The summed E-state index contributed by atoms with van der Waals surface area (Å²) in [6.45, 7) is 1.52. The Kier molecular flexibility index (Phi) is 4.03. The van der Waals surface area contributed by atoms with Gasteiger partial charge in [-0.15, -0.1) is 0 Å². The number of ether oxygens (including phenoxy) is 2. The molecule has 2 N–H and O–H groups in total. The second kappa shape index (κ2) is 5.70. The zero-order chi connectivity index (χ0) is 15.8. The standard InChI is InChI=1S/C15H23NO6/c17-12(18)14(4-1-5-14)15(20)6-2-7-16(10-15)13(19)22-11-3-8-21-9-11/h11,20H,1-10H2,(H,17,18). The average molecular weight is 313 g/mol. The Bertz CT molecular complexity index is 457. The van der Waals surface area contributed by atoms with Crippen LogP contribution in [0.25, 0.3) is 0 Å². The van der Waals surface area contributed by atoms with E-state index < -0.39 is 23.1 Å². The van der Waals surface area contributed by atoms with Crippen LogP contribution in [-0.4, -0.2) is 65.2 Å². The Balaban J connectivity index is 1.67. The highest BCUT2D eigenvalue weighted by molar-refractivity contribution is 5.78. The van der Waals surface area contributed by atoms with Gasteiger partial charge in [-0.1, -0.05) is 6.42 Å². The van der Waals surface area contributed by atoms with Crippen molar-refractivity contribution < 1.29 is 29.3 Å². The first-order valence-corrected chi connectivity index (χ1v) is 7.96. The van der Waals surface area contributed by atoms with E-state index in [1.54, 1.807) is 0 Å². The number of amides is 1. The molecule has 3 fully saturated rings. The quantitative estimate of drug-likeness (QED) is 0.807. The molecule has 1 saturated carbocycles. The van der Waals surface area contributed by atoms with Crippen LogP contribution in [0, 0.1) is 5.41 Å². The van der Waals surface area contributed by atoms with Crippen LogP contribution >= 0.6 is 0 Å². The predicted octanol–water partition coefficient (Wildman–Crippen LogP) is 0.994. The molecule has 2 atom stereocenters. The Hall–Kier alpha value is -1.34. The zero-order valence-electron chi connectivity index (χ0n) is 12.6. The number of hydrogen-bond acceptors (Lipinski definition) is 5. The number of aliphatic carboxylic acids is 1. The van der Waals surface area contributed by atoms with E-state index in [4.69, 9.17) is 9.47 Å². The van der Waals surface area contributed by atoms with Crippen molar-refractivity contribution in [3.05, 3.63) is 0 Å². The van der Waals surface area contributed by atoms with E-state index in [1.807, 2.05) is 0 Å². The lowest BCUT2D eigenvalue weighted by Crippen LogP contribution is -2.64. The van der Waals surface area contributed by atoms with Gasteiger partial charge >= 0.3 is 12.1 Å². The summed E-state index contributed by atoms with van der Waals surface area (Å²) < 4.78 is 10.5. The second-order valence-electron chi connectivity index (χ2n) is 6.67. The molecule has 7 heteroatoms. The average Bonchev–Trinajstić information content (AvgIpc) is 2.89. The van der Waals surface area contributed by atoms with Crippen molar-refractivity contribution in [1.82, 2.24) is 4.90 Å². The molecule has 2 heterocycles. The maximum Gasteiger partial charge on any atom is 0.410 e. The van der Waals surface area contributed by atoms with Crippen LogP contribution in [0.15, 0.2) is 0 Å². The van der Waals surface area contributed by atoms with Gasteiger partial charge in [0.2, 0.25) is 0 Å². The first-order valence-electron chi connectivity index (χ1n) is 7.96. The molecule has 2 saturated heterocycles. The van der Waals surface area contributed by atoms with E-state index in [1.165, 1.54) is 4.90 Å². The molecular weight excluding hydrogens is 290 g/mol. The van der Waals surface area contributed by atoms with Crippen LogP contribution in [0.5, 0.6) is 0 Å². The lowest BCUT2D eigenvalue weighted by Gasteiger charge is -2.53. The molecule has 0 aromatic carbocycles. The first-order chi connectivity index (χ1) is 10.5. The van der Waals surface area contributed by atoms with E-state index in [2.05, 4.69) is 0 Å². The number of likely N-dealkylation sites (tertiary alicyclic amines) is 1. The summed E-state index contributed by atoms with van der Waals surface area (Å²) in [6, 6.07) is 0. The molecule has 2 aliphatic heterocycles. The molecule has 124 valence electrons. The molecular formula is C15H23NO6. The number of nitrogens with zero attached hydrogens (tertiary/aromatic N) is 1. The third-order valence-corrected chi connectivity index (χ3v) is 5.39. The molecule has 2 unspecified atom stereocenters. The highest BCUT2D eigenvalue weighted by atomic mass is 16.6. The summed E-state index contributed by atoms with van der Waals surface area (Å²) in [5.74, 6) is -0.958. The largest absolute Gasteiger partial charge is 0.481 e. The number of hydrogen-bond donors (Lipinski definition) is 2. The summed E-state index contributed by atoms with van der Waals surface area (Å²) in [5.41, 5.74) is -2.47. The molecule has 1 amide bonds. The minimum absolute atomic E-state index is 0.0334. The van der Waals surface area contributed by atoms with Crippen molar-refractivity contribution in [2.45, 2.75) is 50.2 Å². The number of piperidine rings is 1. The monoisotopic (exact) mass is 313 g/mol. The molecule has 0 bridgehead atoms. The number of carboxylic acids is 1. The van der Waals surface area contributed by atoms with Crippen molar-refractivity contribution in [3.63, 3.8) is 0 Å². The molecule has 0 spiro atoms. The molecule has 3 rings (SSSR count). The zero-order valence-corrected chi connectivity index (χ0v) is 12.6. The van der Waals surface area contributed by atoms with Crippen LogP contribution in [0.1, 0.15) is 38.5 Å². The van der Waals surface area contributed by atoms with Gasteiger partial charge in [0, 0.05) is 13.0 Å². The molecule has 7 nitrogen and oxygen atoms in total. The fourth-order valence-electron chi connectivity index (χ4n) is 3.81. The minimum Gasteiger partial charge on any atom is -0.481 e. The van der Waals surface area contributed by atoms with Gasteiger partial charge < -0.3 is 24.6 Å². The fraction of sp³-hybridized carbons (Fsp3) is 0.867. The third kappa shape index (κ3) is 2.46. The van der Waals surface area contributed by atoms with Gasteiger partial charge in [0.25, 0.3) is 0 Å². The fourth-order valence-corrected chi connectivity index (χ4v) is 3.81. The number of carboxylic acid groups (broad SMARTS) is 1. The van der Waals surface area contributed by atoms with E-state index in [9.17, 15) is 19.8 Å². The molecule has 0 aromatic heterocycles. The van der Waals surface area contributed by atoms with Crippen LogP contribution in [0.2, 0.25) is 0 Å². The third-order valence-electron chi connectivity index (χ3n) is 5.39. The number of rotatable bonds is 3. The van der Waals surface area contributed by atoms with Gasteiger partial charge in [0.05, 0.1) is 30.8 Å². The Morgan fingerprint density at radius 2 is 2.00 bits per heavy atom. The summed E-state index contributed by atoms with van der Waals surface area (Å²) >= 11 is 0. The van der Waals surface area contributed by atoms with Crippen molar-refractivity contribution in [2.24, 2.45) is 5.41 Å². The number of aliphatic hydroxyl groups is 1. The van der Waals surface area contributed by atoms with E-state index >= 15 is 0 Å². The SMILES string of the molecule is O=C(OC1CCOC1)N1CCCC(O)(C2(C(=O)O)CCC2)C1. The molecule has 0 radical (unpaired) electrons. The van der Waals surface area contributed by atoms with E-state index in [-0.39, 0.29) is 12.6 Å². The number of β-amino-alcohol motifs (C(OH)–C–C–N with tert-alkyl or cyclic N) is 1. The van der Waals surface area contributed by atoms with Crippen molar-refractivity contribution in [2.75, 3.05) is 26.3 Å². The van der Waals surface area contributed by atoms with Crippen LogP contribution in [0.4, 0.5) is 4.79 Å². The maximum atomic E-state index is 12.2. The second-order valence-corrected chi connectivity index (χ2v) is 6.67. The van der Waals surface area contributed by atoms with Crippen molar-refractivity contribution in [1.29, 1.82) is 0 Å². The van der Waals surface area contributed by atoms with Gasteiger partial charge in [-0.3, -0.25) is 4.79 Å². The normalized spacial score (nSPS) is 34.0. The Morgan fingerprint density at radius 1 is 1.23 bits per heavy atom. The van der Waals surface area contributed by atoms with Crippen LogP contribution < -0.4 is 0 Å². The van der Waals surface area contributed by atoms with Gasteiger partial charge in [-0.2, -0.15) is 0 Å². The number of carbonyl (C=O) groups is 2. The topological polar surface area (TPSA) is 96.3 Å². The lowest BCUT2D eigenvalue weighted by molar-refractivity contribution is -0.194. The predicted molar refractivity (Wildman–Crippen MR) is 75.4 cm³/mol. The molecule has 3 aliphatic rings. The van der Waals surface area contributed by atoms with Gasteiger partial charge in [0.15, 0.2) is 0 Å². The molecule has 0 aromatic rings. The first kappa shape index (κ1) is 15.6. The van der Waals surface area contributed by atoms with E-state index in [0.717, 1.165) is 6.42 Å². The summed E-state index contributed by atoms with van der Waals surface area (Å²) in [5, 5.41) is 20.5. The lowest BCUT2D eigenvalue weighted by atomic mass is 9.56. The van der Waals surface area contributed by atoms with Gasteiger partial charge in [-0.25, -0.2) is 4.79 Å². The Labute approximate surface area is 129 Å². The van der Waals surface area contributed by atoms with Gasteiger partial charge in [0.1, 0.15) is 6.10 Å². The number of carbonyl (C=O) groups excluding carboxylic acids is 1. The summed E-state index contributed by atoms with van der Waals surface area (Å²) in [6.07, 6.45) is 2.71. The highest BCUT2D eigenvalue weighted by Crippen LogP contribution is 2.52. The molecule has 1 aliphatic carbocycles. The Morgan fingerprint density at radius 3 is 2.55 bits per heavy atom. The minimum atomic E-state index is -1.36. The highest BCUT2D eigenvalue weighted by Gasteiger charge is 2.60. The smallest absolute Gasteiger partial charge is 0.410 e. The van der Waals surface area contributed by atoms with Crippen LogP contribution in [-0.2, 0) is 14.3 Å². The van der Waals surface area contributed by atoms with Crippen molar-refractivity contribution in [3.8, 4) is 0 Å². The maximum absolute atomic E-state index is 12.2.